The monoisotopic (exact) mass is 437 g/mol. The van der Waals surface area contributed by atoms with Crippen LogP contribution >= 0.6 is 0 Å². The lowest BCUT2D eigenvalue weighted by molar-refractivity contribution is -0.221. The van der Waals surface area contributed by atoms with E-state index in [1.807, 2.05) is 4.90 Å². The number of hydrogen-bond donors (Lipinski definition) is 2. The summed E-state index contributed by atoms with van der Waals surface area (Å²) >= 11 is 0. The molecule has 3 aliphatic heterocycles. The van der Waals surface area contributed by atoms with E-state index in [1.165, 1.54) is 17.9 Å². The van der Waals surface area contributed by atoms with Gasteiger partial charge in [-0.3, -0.25) is 9.69 Å². The zero-order valence-electron chi connectivity index (χ0n) is 17.5. The van der Waals surface area contributed by atoms with Gasteiger partial charge >= 0.3 is 6.09 Å². The normalized spacial score (nSPS) is 23.8. The molecule has 3 saturated heterocycles. The molecule has 0 saturated carbocycles. The summed E-state index contributed by atoms with van der Waals surface area (Å²) in [7, 11) is 0. The SMILES string of the molecule is CC(=O)NCC1CN(c2ccc(N3CCC(C4(CO)OCCO4)CC3)c(F)c2)C(=O)O1. The summed E-state index contributed by atoms with van der Waals surface area (Å²) in [6.07, 6.45) is 0.391. The number of carbonyl (C=O) groups is 2. The maximum absolute atomic E-state index is 14.9. The van der Waals surface area contributed by atoms with Crippen molar-refractivity contribution in [3.8, 4) is 0 Å². The van der Waals surface area contributed by atoms with Gasteiger partial charge in [-0.05, 0) is 31.0 Å². The van der Waals surface area contributed by atoms with E-state index in [4.69, 9.17) is 14.2 Å². The summed E-state index contributed by atoms with van der Waals surface area (Å²) in [6.45, 7) is 3.84. The van der Waals surface area contributed by atoms with Crippen LogP contribution in [0.2, 0.25) is 0 Å². The van der Waals surface area contributed by atoms with Crippen LogP contribution in [0.25, 0.3) is 0 Å². The minimum atomic E-state index is -0.932. The predicted molar refractivity (Wildman–Crippen MR) is 109 cm³/mol. The number of anilines is 2. The Labute approximate surface area is 180 Å². The van der Waals surface area contributed by atoms with E-state index in [2.05, 4.69) is 5.32 Å². The number of hydrogen-bond acceptors (Lipinski definition) is 7. The van der Waals surface area contributed by atoms with E-state index < -0.39 is 23.8 Å². The first-order chi connectivity index (χ1) is 14.9. The Kier molecular flexibility index (Phi) is 6.31. The van der Waals surface area contributed by atoms with Gasteiger partial charge in [0.15, 0.2) is 5.79 Å². The number of aliphatic hydroxyl groups is 1. The molecular formula is C21H28FN3O6. The van der Waals surface area contributed by atoms with Gasteiger partial charge in [-0.2, -0.15) is 0 Å². The summed E-state index contributed by atoms with van der Waals surface area (Å²) in [5.74, 6) is -1.50. The van der Waals surface area contributed by atoms with Gasteiger partial charge in [-0.25, -0.2) is 9.18 Å². The van der Waals surface area contributed by atoms with Gasteiger partial charge < -0.3 is 29.5 Å². The van der Waals surface area contributed by atoms with Crippen molar-refractivity contribution in [1.29, 1.82) is 0 Å². The Balaban J connectivity index is 1.38. The third-order valence-electron chi connectivity index (χ3n) is 6.15. The van der Waals surface area contributed by atoms with Crippen LogP contribution in [0.4, 0.5) is 20.6 Å². The topological polar surface area (TPSA) is 101 Å². The van der Waals surface area contributed by atoms with Gasteiger partial charge in [-0.15, -0.1) is 0 Å². The fourth-order valence-electron chi connectivity index (χ4n) is 4.50. The quantitative estimate of drug-likeness (QED) is 0.691. The standard InChI is InChI=1S/C21H28FN3O6/c1-14(27)23-11-17-12-25(20(28)31-17)16-2-3-19(18(22)10-16)24-6-4-15(5-7-24)21(13-26)29-8-9-30-21/h2-3,10,15,17,26H,4-9,11-13H2,1H3,(H,23,27). The second-order valence-corrected chi connectivity index (χ2v) is 8.12. The fourth-order valence-corrected chi connectivity index (χ4v) is 4.50. The van der Waals surface area contributed by atoms with Gasteiger partial charge in [0.25, 0.3) is 0 Å². The Bertz CT molecular complexity index is 823. The van der Waals surface area contributed by atoms with E-state index >= 15 is 0 Å². The minimum absolute atomic E-state index is 0.0542. The predicted octanol–water partition coefficient (Wildman–Crippen LogP) is 1.24. The lowest BCUT2D eigenvalue weighted by Gasteiger charge is -2.40. The van der Waals surface area contributed by atoms with Crippen molar-refractivity contribution >= 4 is 23.4 Å². The molecule has 9 nitrogen and oxygen atoms in total. The number of rotatable bonds is 6. The Morgan fingerprint density at radius 3 is 2.61 bits per heavy atom. The van der Waals surface area contributed by atoms with Gasteiger partial charge in [0, 0.05) is 25.9 Å². The van der Waals surface area contributed by atoms with Crippen molar-refractivity contribution in [2.24, 2.45) is 5.92 Å². The lowest BCUT2D eigenvalue weighted by Crippen LogP contribution is -2.48. The fraction of sp³-hybridized carbons (Fsp3) is 0.619. The summed E-state index contributed by atoms with van der Waals surface area (Å²) in [4.78, 5) is 26.5. The highest BCUT2D eigenvalue weighted by atomic mass is 19.1. The molecule has 2 N–H and O–H groups in total. The Morgan fingerprint density at radius 2 is 2.00 bits per heavy atom. The summed E-state index contributed by atoms with van der Waals surface area (Å²) in [5.41, 5.74) is 0.884. The number of piperidine rings is 1. The Morgan fingerprint density at radius 1 is 1.29 bits per heavy atom. The van der Waals surface area contributed by atoms with Crippen molar-refractivity contribution < 1.29 is 33.3 Å². The molecule has 0 radical (unpaired) electrons. The third-order valence-corrected chi connectivity index (χ3v) is 6.15. The number of carbonyl (C=O) groups excluding carboxylic acids is 2. The number of aliphatic hydroxyl groups excluding tert-OH is 1. The molecule has 170 valence electrons. The molecule has 2 amide bonds. The average Bonchev–Trinajstić information content (AvgIpc) is 3.40. The molecule has 10 heteroatoms. The summed E-state index contributed by atoms with van der Waals surface area (Å²) < 4.78 is 31.5. The number of halogens is 1. The molecule has 0 spiro atoms. The van der Waals surface area contributed by atoms with Crippen molar-refractivity contribution in [2.75, 3.05) is 55.8 Å². The first-order valence-electron chi connectivity index (χ1n) is 10.6. The molecule has 3 heterocycles. The second kappa shape index (κ2) is 8.97. The number of benzene rings is 1. The van der Waals surface area contributed by atoms with Crippen molar-refractivity contribution in [3.05, 3.63) is 24.0 Å². The van der Waals surface area contributed by atoms with Crippen LogP contribution in [-0.2, 0) is 19.0 Å². The zero-order chi connectivity index (χ0) is 22.0. The Hall–Kier alpha value is -2.43. The van der Waals surface area contributed by atoms with E-state index in [-0.39, 0.29) is 31.5 Å². The molecule has 4 rings (SSSR count). The highest BCUT2D eigenvalue weighted by Gasteiger charge is 2.45. The van der Waals surface area contributed by atoms with Crippen LogP contribution in [0, 0.1) is 11.7 Å². The first kappa shape index (κ1) is 21.8. The number of nitrogens with one attached hydrogen (secondary N) is 1. The van der Waals surface area contributed by atoms with Crippen molar-refractivity contribution in [3.63, 3.8) is 0 Å². The van der Waals surface area contributed by atoms with Gasteiger partial charge in [0.05, 0.1) is 44.3 Å². The highest BCUT2D eigenvalue weighted by Crippen LogP contribution is 2.37. The number of ether oxygens (including phenoxy) is 3. The van der Waals surface area contributed by atoms with Crippen LogP contribution in [0.5, 0.6) is 0 Å². The molecule has 1 atom stereocenters. The average molecular weight is 437 g/mol. The first-order valence-corrected chi connectivity index (χ1v) is 10.6. The van der Waals surface area contributed by atoms with Crippen LogP contribution in [0.3, 0.4) is 0 Å². The second-order valence-electron chi connectivity index (χ2n) is 8.12. The molecule has 0 aliphatic carbocycles. The van der Waals surface area contributed by atoms with E-state index in [9.17, 15) is 19.1 Å². The highest BCUT2D eigenvalue weighted by molar-refractivity contribution is 5.90. The molecule has 1 aromatic rings. The third kappa shape index (κ3) is 4.46. The minimum Gasteiger partial charge on any atom is -0.442 e. The van der Waals surface area contributed by atoms with Gasteiger partial charge in [0.2, 0.25) is 5.91 Å². The van der Waals surface area contributed by atoms with Crippen LogP contribution in [0.1, 0.15) is 19.8 Å². The summed E-state index contributed by atoms with van der Waals surface area (Å²) in [5, 5.41) is 12.4. The van der Waals surface area contributed by atoms with E-state index in [0.717, 1.165) is 0 Å². The maximum Gasteiger partial charge on any atom is 0.414 e. The summed E-state index contributed by atoms with van der Waals surface area (Å²) in [6, 6.07) is 4.70. The lowest BCUT2D eigenvalue weighted by atomic mass is 9.88. The van der Waals surface area contributed by atoms with Crippen molar-refractivity contribution in [1.82, 2.24) is 5.32 Å². The molecule has 0 aromatic heterocycles. The van der Waals surface area contributed by atoms with Gasteiger partial charge in [0.1, 0.15) is 11.9 Å². The van der Waals surface area contributed by atoms with Gasteiger partial charge in [-0.1, -0.05) is 0 Å². The largest absolute Gasteiger partial charge is 0.442 e. The molecule has 31 heavy (non-hydrogen) atoms. The molecule has 3 aliphatic rings. The number of amides is 2. The van der Waals surface area contributed by atoms with Crippen molar-refractivity contribution in [2.45, 2.75) is 31.7 Å². The van der Waals surface area contributed by atoms with Crippen LogP contribution in [-0.4, -0.2) is 75.0 Å². The van der Waals surface area contributed by atoms with E-state index in [0.29, 0.717) is 50.5 Å². The molecule has 1 aromatic carbocycles. The molecule has 1 unspecified atom stereocenters. The number of cyclic esters (lactones) is 1. The van der Waals surface area contributed by atoms with Crippen LogP contribution in [0.15, 0.2) is 18.2 Å². The molecular weight excluding hydrogens is 409 g/mol. The zero-order valence-corrected chi connectivity index (χ0v) is 17.5. The number of nitrogens with zero attached hydrogens (tertiary/aromatic N) is 2. The molecule has 0 bridgehead atoms. The van der Waals surface area contributed by atoms with Crippen LogP contribution < -0.4 is 15.1 Å². The van der Waals surface area contributed by atoms with E-state index in [1.54, 1.807) is 12.1 Å². The maximum atomic E-state index is 14.9. The smallest absolute Gasteiger partial charge is 0.414 e. The molecule has 3 fully saturated rings.